The molecule has 0 spiro atoms. The largest absolute Gasteiger partial charge is 0.480 e. The minimum Gasteiger partial charge on any atom is -0.480 e. The predicted octanol–water partition coefficient (Wildman–Crippen LogP) is 3.70. The number of benzene rings is 2. The highest BCUT2D eigenvalue weighted by Crippen LogP contribution is 2.44. The van der Waals surface area contributed by atoms with Crippen molar-refractivity contribution in [2.75, 3.05) is 6.61 Å². The van der Waals surface area contributed by atoms with Crippen LogP contribution in [0.25, 0.3) is 11.1 Å². The first kappa shape index (κ1) is 23.0. The van der Waals surface area contributed by atoms with E-state index in [0.717, 1.165) is 22.3 Å². The van der Waals surface area contributed by atoms with Crippen LogP contribution in [0.2, 0.25) is 0 Å². The van der Waals surface area contributed by atoms with Crippen LogP contribution in [0.5, 0.6) is 0 Å². The number of carbonyl (C=O) groups excluding carboxylic acids is 2. The van der Waals surface area contributed by atoms with Gasteiger partial charge in [0.05, 0.1) is 6.54 Å². The number of rotatable bonds is 9. The van der Waals surface area contributed by atoms with E-state index in [9.17, 15) is 14.4 Å². The van der Waals surface area contributed by atoms with Gasteiger partial charge in [-0.05, 0) is 28.7 Å². The zero-order valence-corrected chi connectivity index (χ0v) is 18.6. The molecule has 2 amide bonds. The predicted molar refractivity (Wildman–Crippen MR) is 122 cm³/mol. The molecule has 1 aliphatic carbocycles. The molecule has 1 aromatic heterocycles. The van der Waals surface area contributed by atoms with Crippen molar-refractivity contribution in [2.45, 2.75) is 38.3 Å². The Kier molecular flexibility index (Phi) is 6.91. The van der Waals surface area contributed by atoms with Gasteiger partial charge in [-0.2, -0.15) is 0 Å². The van der Waals surface area contributed by atoms with Crippen LogP contribution >= 0.6 is 0 Å². The van der Waals surface area contributed by atoms with Gasteiger partial charge in [-0.15, -0.1) is 0 Å². The van der Waals surface area contributed by atoms with Crippen molar-refractivity contribution in [3.63, 3.8) is 0 Å². The van der Waals surface area contributed by atoms with E-state index in [4.69, 9.17) is 14.4 Å². The second-order valence-corrected chi connectivity index (χ2v) is 8.01. The summed E-state index contributed by atoms with van der Waals surface area (Å²) in [6.45, 7) is 1.97. The highest BCUT2D eigenvalue weighted by Gasteiger charge is 2.29. The summed E-state index contributed by atoms with van der Waals surface area (Å²) in [5, 5.41) is 17.8. The molecule has 34 heavy (non-hydrogen) atoms. The van der Waals surface area contributed by atoms with Gasteiger partial charge < -0.3 is 25.0 Å². The third-order valence-corrected chi connectivity index (χ3v) is 5.72. The van der Waals surface area contributed by atoms with Crippen LogP contribution < -0.4 is 10.6 Å². The number of amides is 2. The fraction of sp³-hybridized carbons (Fsp3) is 0.280. The number of hydrogen-bond donors (Lipinski definition) is 3. The molecular formula is C25H25N3O6. The summed E-state index contributed by atoms with van der Waals surface area (Å²) in [4.78, 5) is 35.7. The topological polar surface area (TPSA) is 131 Å². The molecule has 0 bridgehead atoms. The summed E-state index contributed by atoms with van der Waals surface area (Å²) in [5.41, 5.74) is 4.45. The van der Waals surface area contributed by atoms with Crippen molar-refractivity contribution in [2.24, 2.45) is 0 Å². The van der Waals surface area contributed by atoms with Crippen molar-refractivity contribution >= 4 is 18.0 Å². The number of carboxylic acids is 1. The van der Waals surface area contributed by atoms with Gasteiger partial charge in [-0.1, -0.05) is 67.0 Å². The lowest BCUT2D eigenvalue weighted by molar-refractivity contribution is -0.139. The molecule has 176 valence electrons. The summed E-state index contributed by atoms with van der Waals surface area (Å²) in [5.74, 6) is -1.59. The van der Waals surface area contributed by atoms with Crippen molar-refractivity contribution < 1.29 is 28.8 Å². The maximum Gasteiger partial charge on any atom is 0.407 e. The number of fused-ring (bicyclic) bond motifs is 3. The normalized spacial score (nSPS) is 13.0. The highest BCUT2D eigenvalue weighted by molar-refractivity contribution is 5.94. The Labute approximate surface area is 196 Å². The smallest absolute Gasteiger partial charge is 0.407 e. The summed E-state index contributed by atoms with van der Waals surface area (Å²) in [6, 6.07) is 16.5. The number of aromatic nitrogens is 1. The Hall–Kier alpha value is -4.14. The van der Waals surface area contributed by atoms with E-state index in [1.807, 2.05) is 43.3 Å². The van der Waals surface area contributed by atoms with E-state index >= 15 is 0 Å². The minimum atomic E-state index is -1.11. The van der Waals surface area contributed by atoms with Crippen LogP contribution in [-0.4, -0.2) is 40.9 Å². The van der Waals surface area contributed by atoms with Crippen LogP contribution in [0.1, 0.15) is 53.1 Å². The van der Waals surface area contributed by atoms with Crippen LogP contribution in [0, 0.1) is 0 Å². The number of alkyl carbamates (subject to hydrolysis) is 1. The minimum absolute atomic E-state index is 0.0335. The molecule has 1 unspecified atom stereocenters. The number of nitrogens with one attached hydrogen (secondary N) is 2. The van der Waals surface area contributed by atoms with E-state index in [1.165, 1.54) is 6.07 Å². The first-order valence-electron chi connectivity index (χ1n) is 11.1. The quantitative estimate of drug-likeness (QED) is 0.441. The Morgan fingerprint density at radius 2 is 1.74 bits per heavy atom. The van der Waals surface area contributed by atoms with Gasteiger partial charge in [0.25, 0.3) is 5.91 Å². The first-order chi connectivity index (χ1) is 16.5. The number of aliphatic carboxylic acids is 1. The third kappa shape index (κ3) is 4.93. The lowest BCUT2D eigenvalue weighted by Gasteiger charge is -2.14. The van der Waals surface area contributed by atoms with Crippen molar-refractivity contribution in [3.05, 3.63) is 77.2 Å². The standard InChI is InChI=1S/C25H25N3O6/c1-2-7-21(24(30)31)27-23(29)22-12-15(34-28-22)13-26-25(32)33-14-20-18-10-5-3-8-16(18)17-9-4-6-11-19(17)20/h3-6,8-12,20-21H,2,7,13-14H2,1H3,(H,26,32)(H,27,29)(H,30,31). The van der Waals surface area contributed by atoms with Gasteiger partial charge in [0.15, 0.2) is 11.5 Å². The van der Waals surface area contributed by atoms with Gasteiger partial charge in [-0.3, -0.25) is 4.79 Å². The summed E-state index contributed by atoms with van der Waals surface area (Å²) in [7, 11) is 0. The second-order valence-electron chi connectivity index (χ2n) is 8.01. The number of carboxylic acid groups (broad SMARTS) is 1. The van der Waals surface area contributed by atoms with E-state index in [0.29, 0.717) is 12.8 Å². The van der Waals surface area contributed by atoms with Crippen LogP contribution in [0.15, 0.2) is 59.1 Å². The molecule has 4 rings (SSSR count). The number of nitrogens with zero attached hydrogens (tertiary/aromatic N) is 1. The van der Waals surface area contributed by atoms with Crippen LogP contribution in [0.4, 0.5) is 4.79 Å². The van der Waals surface area contributed by atoms with Crippen LogP contribution in [-0.2, 0) is 16.1 Å². The van der Waals surface area contributed by atoms with Gasteiger partial charge in [0.2, 0.25) is 0 Å². The zero-order valence-electron chi connectivity index (χ0n) is 18.6. The van der Waals surface area contributed by atoms with E-state index < -0.39 is 24.0 Å². The Bertz CT molecular complexity index is 1160. The Morgan fingerprint density at radius 1 is 1.09 bits per heavy atom. The number of ether oxygens (including phenoxy) is 1. The molecule has 0 aliphatic heterocycles. The molecule has 3 N–H and O–H groups in total. The lowest BCUT2D eigenvalue weighted by Crippen LogP contribution is -2.40. The molecule has 2 aromatic carbocycles. The molecular weight excluding hydrogens is 438 g/mol. The van der Waals surface area contributed by atoms with Gasteiger partial charge in [0.1, 0.15) is 12.6 Å². The molecule has 1 heterocycles. The molecule has 0 radical (unpaired) electrons. The molecule has 9 nitrogen and oxygen atoms in total. The molecule has 0 saturated heterocycles. The molecule has 3 aromatic rings. The first-order valence-corrected chi connectivity index (χ1v) is 11.1. The zero-order chi connectivity index (χ0) is 24.1. The van der Waals surface area contributed by atoms with Crippen molar-refractivity contribution in [1.29, 1.82) is 0 Å². The Balaban J connectivity index is 1.30. The summed E-state index contributed by atoms with van der Waals surface area (Å²) < 4.78 is 10.5. The number of hydrogen-bond acceptors (Lipinski definition) is 6. The van der Waals surface area contributed by atoms with E-state index in [2.05, 4.69) is 27.9 Å². The summed E-state index contributed by atoms with van der Waals surface area (Å²) >= 11 is 0. The molecule has 1 atom stereocenters. The summed E-state index contributed by atoms with van der Waals surface area (Å²) in [6.07, 6.45) is 0.277. The SMILES string of the molecule is CCCC(NC(=O)c1cc(CNC(=O)OCC2c3ccccc3-c3ccccc32)on1)C(=O)O. The van der Waals surface area contributed by atoms with E-state index in [-0.39, 0.29) is 30.5 Å². The van der Waals surface area contributed by atoms with Crippen molar-refractivity contribution in [3.8, 4) is 11.1 Å². The van der Waals surface area contributed by atoms with Gasteiger partial charge in [-0.25, -0.2) is 9.59 Å². The monoisotopic (exact) mass is 463 g/mol. The molecule has 0 fully saturated rings. The number of carbonyl (C=O) groups is 3. The maximum absolute atomic E-state index is 12.3. The molecule has 1 aliphatic rings. The average Bonchev–Trinajstić information content (AvgIpc) is 3.44. The average molecular weight is 463 g/mol. The van der Waals surface area contributed by atoms with Gasteiger partial charge in [0, 0.05) is 12.0 Å². The molecule has 9 heteroatoms. The lowest BCUT2D eigenvalue weighted by atomic mass is 9.98. The fourth-order valence-electron chi connectivity index (χ4n) is 4.09. The Morgan fingerprint density at radius 3 is 2.35 bits per heavy atom. The van der Waals surface area contributed by atoms with E-state index in [1.54, 1.807) is 0 Å². The third-order valence-electron chi connectivity index (χ3n) is 5.72. The molecule has 0 saturated carbocycles. The highest BCUT2D eigenvalue weighted by atomic mass is 16.5. The fourth-order valence-corrected chi connectivity index (χ4v) is 4.09. The second kappa shape index (κ2) is 10.2. The van der Waals surface area contributed by atoms with Gasteiger partial charge >= 0.3 is 12.1 Å². The maximum atomic E-state index is 12.3. The van der Waals surface area contributed by atoms with Crippen molar-refractivity contribution in [1.82, 2.24) is 15.8 Å². The van der Waals surface area contributed by atoms with Crippen LogP contribution in [0.3, 0.4) is 0 Å².